The average Bonchev–Trinajstić information content (AvgIpc) is 2.73. The van der Waals surface area contributed by atoms with Crippen LogP contribution < -0.4 is 0 Å². The first kappa shape index (κ1) is 10.3. The second kappa shape index (κ2) is 3.57. The third kappa shape index (κ3) is 1.57. The highest BCUT2D eigenvalue weighted by Crippen LogP contribution is 2.48. The maximum atomic E-state index is 10.7. The van der Waals surface area contributed by atoms with Crippen molar-refractivity contribution in [1.82, 2.24) is 4.90 Å². The number of likely N-dealkylation sites (tertiary alicyclic amines) is 1. The van der Waals surface area contributed by atoms with Gasteiger partial charge in [-0.15, -0.1) is 0 Å². The molecule has 0 amide bonds. The van der Waals surface area contributed by atoms with E-state index in [2.05, 4.69) is 24.1 Å². The molecule has 1 unspecified atom stereocenters. The van der Waals surface area contributed by atoms with Gasteiger partial charge in [0.1, 0.15) is 0 Å². The Morgan fingerprint density at radius 2 is 1.69 bits per heavy atom. The molecule has 0 bridgehead atoms. The maximum Gasteiger partial charge on any atom is 0.0903 e. The first-order valence-electron chi connectivity index (χ1n) is 6.14. The topological polar surface area (TPSA) is 23.5 Å². The van der Waals surface area contributed by atoms with Gasteiger partial charge >= 0.3 is 0 Å². The lowest BCUT2D eigenvalue weighted by Crippen LogP contribution is -2.26. The van der Waals surface area contributed by atoms with Crippen LogP contribution in [0.3, 0.4) is 0 Å². The summed E-state index contributed by atoms with van der Waals surface area (Å²) in [5.74, 6) is 1.38. The predicted octanol–water partition coefficient (Wildman–Crippen LogP) is 1.85. The fourth-order valence-electron chi connectivity index (χ4n) is 3.57. The average molecular weight is 217 g/mol. The number of benzene rings is 1. The molecule has 1 N–H and O–H groups in total. The summed E-state index contributed by atoms with van der Waals surface area (Å²) in [4.78, 5) is 2.39. The number of fused-ring (bicyclic) bond motifs is 1. The summed E-state index contributed by atoms with van der Waals surface area (Å²) in [6.07, 6.45) is 1.87. The van der Waals surface area contributed by atoms with Gasteiger partial charge in [0.15, 0.2) is 0 Å². The van der Waals surface area contributed by atoms with Crippen molar-refractivity contribution in [2.24, 2.45) is 11.8 Å². The molecule has 3 rings (SSSR count). The minimum absolute atomic E-state index is 0.558. The molecule has 86 valence electrons. The van der Waals surface area contributed by atoms with E-state index < -0.39 is 5.60 Å². The number of nitrogens with zero attached hydrogens (tertiary/aromatic N) is 1. The molecule has 2 heteroatoms. The van der Waals surface area contributed by atoms with Crippen molar-refractivity contribution in [2.75, 3.05) is 20.1 Å². The highest BCUT2D eigenvalue weighted by Gasteiger charge is 2.48. The lowest BCUT2D eigenvalue weighted by molar-refractivity contribution is 0.0324. The third-order valence-electron chi connectivity index (χ3n) is 4.27. The largest absolute Gasteiger partial charge is 0.385 e. The SMILES string of the molecule is CN1C[C@@H]2CC(O)(c3ccccc3)C[C@@H]2C1. The van der Waals surface area contributed by atoms with Crippen molar-refractivity contribution in [1.29, 1.82) is 0 Å². The summed E-state index contributed by atoms with van der Waals surface area (Å²) in [6, 6.07) is 10.2. The first-order valence-corrected chi connectivity index (χ1v) is 6.14. The summed E-state index contributed by atoms with van der Waals surface area (Å²) in [5, 5.41) is 10.7. The molecule has 1 aliphatic carbocycles. The van der Waals surface area contributed by atoms with E-state index in [1.165, 1.54) is 0 Å². The van der Waals surface area contributed by atoms with Crippen molar-refractivity contribution < 1.29 is 5.11 Å². The Kier molecular flexibility index (Phi) is 2.30. The molecule has 1 aliphatic heterocycles. The van der Waals surface area contributed by atoms with Crippen LogP contribution in [0.15, 0.2) is 30.3 Å². The number of hydrogen-bond donors (Lipinski definition) is 1. The third-order valence-corrected chi connectivity index (χ3v) is 4.27. The van der Waals surface area contributed by atoms with E-state index in [0.717, 1.165) is 31.5 Å². The van der Waals surface area contributed by atoms with Crippen molar-refractivity contribution in [3.8, 4) is 0 Å². The standard InChI is InChI=1S/C14H19NO/c1-15-9-11-7-14(16,8-12(11)10-15)13-5-3-2-4-6-13/h2-6,11-12,16H,7-10H2,1H3/t11-,12+,14?. The molecule has 3 atom stereocenters. The molecule has 2 fully saturated rings. The van der Waals surface area contributed by atoms with Gasteiger partial charge in [-0.1, -0.05) is 30.3 Å². The summed E-state index contributed by atoms with van der Waals surface area (Å²) >= 11 is 0. The molecule has 16 heavy (non-hydrogen) atoms. The van der Waals surface area contributed by atoms with Crippen LogP contribution in [0, 0.1) is 11.8 Å². The van der Waals surface area contributed by atoms with Gasteiger partial charge in [0.05, 0.1) is 5.60 Å². The van der Waals surface area contributed by atoms with Gasteiger partial charge in [-0.2, -0.15) is 0 Å². The van der Waals surface area contributed by atoms with Crippen LogP contribution in [0.4, 0.5) is 0 Å². The molecule has 2 aliphatic rings. The Bertz CT molecular complexity index is 362. The highest BCUT2D eigenvalue weighted by molar-refractivity contribution is 5.24. The normalized spacial score (nSPS) is 38.9. The quantitative estimate of drug-likeness (QED) is 0.776. The second-order valence-corrected chi connectivity index (χ2v) is 5.55. The van der Waals surface area contributed by atoms with E-state index >= 15 is 0 Å². The molecule has 1 aromatic carbocycles. The van der Waals surface area contributed by atoms with Gasteiger partial charge in [0.25, 0.3) is 0 Å². The zero-order chi connectivity index (χ0) is 11.2. The van der Waals surface area contributed by atoms with Crippen molar-refractivity contribution >= 4 is 0 Å². The van der Waals surface area contributed by atoms with Crippen LogP contribution in [0.25, 0.3) is 0 Å². The maximum absolute atomic E-state index is 10.7. The molecule has 0 aromatic heterocycles. The summed E-state index contributed by atoms with van der Waals surface area (Å²) in [6.45, 7) is 2.31. The lowest BCUT2D eigenvalue weighted by Gasteiger charge is -2.25. The molecule has 1 saturated carbocycles. The molecular weight excluding hydrogens is 198 g/mol. The molecule has 0 spiro atoms. The van der Waals surface area contributed by atoms with Crippen molar-refractivity contribution in [3.63, 3.8) is 0 Å². The van der Waals surface area contributed by atoms with E-state index in [1.807, 2.05) is 18.2 Å². The van der Waals surface area contributed by atoms with Gasteiger partial charge < -0.3 is 10.0 Å². The first-order chi connectivity index (χ1) is 7.67. The smallest absolute Gasteiger partial charge is 0.0903 e. The Labute approximate surface area is 96.9 Å². The molecular formula is C14H19NO. The van der Waals surface area contributed by atoms with Crippen LogP contribution in [0.5, 0.6) is 0 Å². The van der Waals surface area contributed by atoms with E-state index in [4.69, 9.17) is 0 Å². The fraction of sp³-hybridized carbons (Fsp3) is 0.571. The summed E-state index contributed by atoms with van der Waals surface area (Å²) in [7, 11) is 2.18. The van der Waals surface area contributed by atoms with Crippen LogP contribution in [-0.4, -0.2) is 30.1 Å². The Balaban J connectivity index is 1.83. The van der Waals surface area contributed by atoms with Gasteiger partial charge in [0, 0.05) is 13.1 Å². The second-order valence-electron chi connectivity index (χ2n) is 5.55. The Morgan fingerprint density at radius 1 is 1.12 bits per heavy atom. The van der Waals surface area contributed by atoms with Crippen LogP contribution >= 0.6 is 0 Å². The minimum Gasteiger partial charge on any atom is -0.385 e. The number of rotatable bonds is 1. The van der Waals surface area contributed by atoms with Crippen LogP contribution in [0.2, 0.25) is 0 Å². The molecule has 1 saturated heterocycles. The number of hydrogen-bond acceptors (Lipinski definition) is 2. The minimum atomic E-state index is -0.558. The van der Waals surface area contributed by atoms with Gasteiger partial charge in [-0.25, -0.2) is 0 Å². The zero-order valence-electron chi connectivity index (χ0n) is 9.76. The Morgan fingerprint density at radius 3 is 2.25 bits per heavy atom. The Hall–Kier alpha value is -0.860. The fourth-order valence-corrected chi connectivity index (χ4v) is 3.57. The van der Waals surface area contributed by atoms with E-state index in [-0.39, 0.29) is 0 Å². The van der Waals surface area contributed by atoms with Crippen LogP contribution in [-0.2, 0) is 5.60 Å². The monoisotopic (exact) mass is 217 g/mol. The van der Waals surface area contributed by atoms with Gasteiger partial charge in [-0.05, 0) is 37.3 Å². The van der Waals surface area contributed by atoms with E-state index in [1.54, 1.807) is 0 Å². The van der Waals surface area contributed by atoms with E-state index in [0.29, 0.717) is 11.8 Å². The summed E-state index contributed by atoms with van der Waals surface area (Å²) < 4.78 is 0. The molecule has 2 nitrogen and oxygen atoms in total. The highest BCUT2D eigenvalue weighted by atomic mass is 16.3. The molecule has 0 radical (unpaired) electrons. The van der Waals surface area contributed by atoms with E-state index in [9.17, 15) is 5.11 Å². The van der Waals surface area contributed by atoms with Crippen molar-refractivity contribution in [2.45, 2.75) is 18.4 Å². The summed E-state index contributed by atoms with van der Waals surface area (Å²) in [5.41, 5.74) is 0.546. The van der Waals surface area contributed by atoms with Gasteiger partial charge in [-0.3, -0.25) is 0 Å². The molecule has 1 heterocycles. The van der Waals surface area contributed by atoms with Gasteiger partial charge in [0.2, 0.25) is 0 Å². The molecule has 1 aromatic rings. The van der Waals surface area contributed by atoms with Crippen LogP contribution in [0.1, 0.15) is 18.4 Å². The lowest BCUT2D eigenvalue weighted by atomic mass is 9.90. The predicted molar refractivity (Wildman–Crippen MR) is 64.0 cm³/mol. The number of aliphatic hydroxyl groups is 1. The van der Waals surface area contributed by atoms with Crippen molar-refractivity contribution in [3.05, 3.63) is 35.9 Å². The zero-order valence-corrected chi connectivity index (χ0v) is 9.76.